The van der Waals surface area contributed by atoms with Crippen molar-refractivity contribution in [3.8, 4) is 0 Å². The van der Waals surface area contributed by atoms with Gasteiger partial charge in [-0.3, -0.25) is 9.89 Å². The number of aliphatic hydroxyl groups excluding tert-OH is 1. The topological polar surface area (TPSA) is 95.2 Å². The molecule has 0 saturated heterocycles. The third-order valence-electron chi connectivity index (χ3n) is 3.62. The van der Waals surface area contributed by atoms with E-state index in [1.165, 1.54) is 4.90 Å². The molecule has 0 aliphatic heterocycles. The van der Waals surface area contributed by atoms with Gasteiger partial charge in [-0.25, -0.2) is 0 Å². The first-order chi connectivity index (χ1) is 8.38. The van der Waals surface area contributed by atoms with Crippen LogP contribution in [0.3, 0.4) is 0 Å². The van der Waals surface area contributed by atoms with Gasteiger partial charge in [0.05, 0.1) is 23.5 Å². The minimum absolute atomic E-state index is 0.116. The Hall–Kier alpha value is -1.56. The number of hydrogen-bond acceptors (Lipinski definition) is 4. The van der Waals surface area contributed by atoms with Crippen molar-refractivity contribution in [2.45, 2.75) is 38.1 Å². The molecule has 6 nitrogen and oxygen atoms in total. The van der Waals surface area contributed by atoms with Crippen LogP contribution in [0.25, 0.3) is 0 Å². The van der Waals surface area contributed by atoms with Crippen LogP contribution in [0.5, 0.6) is 0 Å². The summed E-state index contributed by atoms with van der Waals surface area (Å²) >= 11 is 0. The highest BCUT2D eigenvalue weighted by Crippen LogP contribution is 2.42. The smallest absolute Gasteiger partial charge is 0.276 e. The van der Waals surface area contributed by atoms with Crippen LogP contribution in [0, 0.1) is 0 Å². The molecule has 0 bridgehead atoms. The van der Waals surface area contributed by atoms with Gasteiger partial charge in [0.1, 0.15) is 0 Å². The molecule has 6 heteroatoms. The molecule has 0 radical (unpaired) electrons. The first-order valence-corrected chi connectivity index (χ1v) is 6.11. The summed E-state index contributed by atoms with van der Waals surface area (Å²) in [6.45, 7) is 3.46. The molecule has 4 N–H and O–H groups in total. The Bertz CT molecular complexity index is 463. The summed E-state index contributed by atoms with van der Waals surface area (Å²) in [5.74, 6) is 0.157. The van der Waals surface area contributed by atoms with Crippen LogP contribution in [0.15, 0.2) is 0 Å². The Balaban J connectivity index is 2.23. The highest BCUT2D eigenvalue weighted by molar-refractivity contribution is 5.98. The molecule has 1 aromatic heterocycles. The van der Waals surface area contributed by atoms with E-state index in [4.69, 9.17) is 5.73 Å². The van der Waals surface area contributed by atoms with Gasteiger partial charge in [0.25, 0.3) is 5.91 Å². The maximum absolute atomic E-state index is 12.3. The van der Waals surface area contributed by atoms with E-state index in [1.54, 1.807) is 20.9 Å². The van der Waals surface area contributed by atoms with E-state index in [0.717, 1.165) is 18.5 Å². The Kier molecular flexibility index (Phi) is 3.06. The third-order valence-corrected chi connectivity index (χ3v) is 3.62. The van der Waals surface area contributed by atoms with Crippen molar-refractivity contribution in [2.24, 2.45) is 0 Å². The number of anilines is 1. The largest absolute Gasteiger partial charge is 0.395 e. The van der Waals surface area contributed by atoms with E-state index in [2.05, 4.69) is 10.2 Å². The molecule has 0 atom stereocenters. The van der Waals surface area contributed by atoms with Crippen LogP contribution < -0.4 is 5.73 Å². The highest BCUT2D eigenvalue weighted by atomic mass is 16.3. The van der Waals surface area contributed by atoms with Crippen LogP contribution in [0.4, 0.5) is 5.69 Å². The molecule has 1 aromatic rings. The molecule has 18 heavy (non-hydrogen) atoms. The number of carbonyl (C=O) groups excluding carboxylic acids is 1. The number of nitrogens with one attached hydrogen (secondary N) is 1. The lowest BCUT2D eigenvalue weighted by molar-refractivity contribution is 0.0468. The van der Waals surface area contributed by atoms with Crippen molar-refractivity contribution in [1.82, 2.24) is 15.1 Å². The molecule has 0 spiro atoms. The van der Waals surface area contributed by atoms with E-state index < -0.39 is 5.54 Å². The van der Waals surface area contributed by atoms with Gasteiger partial charge in [-0.15, -0.1) is 0 Å². The molecule has 1 aliphatic carbocycles. The molecule has 2 rings (SSSR count). The van der Waals surface area contributed by atoms with Crippen molar-refractivity contribution in [1.29, 1.82) is 0 Å². The van der Waals surface area contributed by atoms with E-state index in [9.17, 15) is 9.90 Å². The summed E-state index contributed by atoms with van der Waals surface area (Å²) in [4.78, 5) is 13.7. The highest BCUT2D eigenvalue weighted by Gasteiger charge is 2.34. The quantitative estimate of drug-likeness (QED) is 0.735. The predicted molar refractivity (Wildman–Crippen MR) is 68.2 cm³/mol. The van der Waals surface area contributed by atoms with Gasteiger partial charge in [0.15, 0.2) is 5.69 Å². The number of nitrogens with zero attached hydrogens (tertiary/aromatic N) is 2. The second kappa shape index (κ2) is 4.28. The molecular formula is C12H20N4O2. The number of hydrogen-bond donors (Lipinski definition) is 3. The number of likely N-dealkylation sites (N-methyl/N-ethyl adjacent to an activating group) is 1. The maximum atomic E-state index is 12.3. The zero-order valence-corrected chi connectivity index (χ0v) is 11.0. The third kappa shape index (κ3) is 2.08. The molecule has 1 heterocycles. The van der Waals surface area contributed by atoms with Crippen molar-refractivity contribution in [3.05, 3.63) is 11.4 Å². The molecule has 1 aliphatic rings. The Labute approximate surface area is 106 Å². The molecule has 1 saturated carbocycles. The summed E-state index contributed by atoms with van der Waals surface area (Å²) in [6.07, 6.45) is 2.19. The lowest BCUT2D eigenvalue weighted by Crippen LogP contribution is -2.47. The lowest BCUT2D eigenvalue weighted by Gasteiger charge is -2.33. The summed E-state index contributed by atoms with van der Waals surface area (Å²) in [6, 6.07) is 0. The SMILES string of the molecule is CN(C(=O)c1n[nH]c(C2CC2)c1N)C(C)(C)CO. The van der Waals surface area contributed by atoms with Gasteiger partial charge in [0.2, 0.25) is 0 Å². The molecule has 0 aromatic carbocycles. The fourth-order valence-corrected chi connectivity index (χ4v) is 1.75. The number of aromatic amines is 1. The van der Waals surface area contributed by atoms with E-state index in [1.807, 2.05) is 0 Å². The average Bonchev–Trinajstić information content (AvgIpc) is 3.11. The summed E-state index contributed by atoms with van der Waals surface area (Å²) in [5.41, 5.74) is 6.89. The van der Waals surface area contributed by atoms with Gasteiger partial charge in [-0.05, 0) is 26.7 Å². The fraction of sp³-hybridized carbons (Fsp3) is 0.667. The first-order valence-electron chi connectivity index (χ1n) is 6.11. The van der Waals surface area contributed by atoms with Crippen LogP contribution in [0.1, 0.15) is 48.8 Å². The zero-order chi connectivity index (χ0) is 13.5. The minimum atomic E-state index is -0.637. The number of aromatic nitrogens is 2. The molecule has 0 unspecified atom stereocenters. The predicted octanol–water partition coefficient (Wildman–Crippen LogP) is 0.712. The Morgan fingerprint density at radius 3 is 2.72 bits per heavy atom. The van der Waals surface area contributed by atoms with E-state index in [0.29, 0.717) is 11.6 Å². The number of nitrogens with two attached hydrogens (primary N) is 1. The van der Waals surface area contributed by atoms with Crippen LogP contribution in [0.2, 0.25) is 0 Å². The normalized spacial score (nSPS) is 15.8. The number of carbonyl (C=O) groups is 1. The molecular weight excluding hydrogens is 232 g/mol. The number of aliphatic hydroxyl groups is 1. The van der Waals surface area contributed by atoms with Crippen LogP contribution in [-0.4, -0.2) is 45.3 Å². The second-order valence-corrected chi connectivity index (χ2v) is 5.51. The number of rotatable bonds is 4. The van der Waals surface area contributed by atoms with Gasteiger partial charge < -0.3 is 15.7 Å². The Morgan fingerprint density at radius 1 is 1.61 bits per heavy atom. The van der Waals surface area contributed by atoms with E-state index in [-0.39, 0.29) is 18.2 Å². The van der Waals surface area contributed by atoms with Crippen molar-refractivity contribution >= 4 is 11.6 Å². The Morgan fingerprint density at radius 2 is 2.22 bits per heavy atom. The van der Waals surface area contributed by atoms with Gasteiger partial charge in [0, 0.05) is 13.0 Å². The number of amides is 1. The lowest BCUT2D eigenvalue weighted by atomic mass is 10.0. The number of H-pyrrole nitrogens is 1. The van der Waals surface area contributed by atoms with Gasteiger partial charge in [-0.2, -0.15) is 5.10 Å². The standard InChI is InChI=1S/C12H20N4O2/c1-12(2,6-17)16(3)11(18)10-8(13)9(14-15-10)7-4-5-7/h7,17H,4-6,13H2,1-3H3,(H,14,15). The molecule has 1 fully saturated rings. The van der Waals surface area contributed by atoms with Crippen molar-refractivity contribution < 1.29 is 9.90 Å². The van der Waals surface area contributed by atoms with Gasteiger partial charge in [-0.1, -0.05) is 0 Å². The van der Waals surface area contributed by atoms with Crippen LogP contribution in [-0.2, 0) is 0 Å². The summed E-state index contributed by atoms with van der Waals surface area (Å²) < 4.78 is 0. The monoisotopic (exact) mass is 252 g/mol. The van der Waals surface area contributed by atoms with Gasteiger partial charge >= 0.3 is 0 Å². The van der Waals surface area contributed by atoms with Crippen LogP contribution >= 0.6 is 0 Å². The fourth-order valence-electron chi connectivity index (χ4n) is 1.75. The molecule has 1 amide bonds. The van der Waals surface area contributed by atoms with Crippen molar-refractivity contribution in [3.63, 3.8) is 0 Å². The van der Waals surface area contributed by atoms with Crippen molar-refractivity contribution in [2.75, 3.05) is 19.4 Å². The number of nitrogen functional groups attached to an aromatic ring is 1. The molecule has 100 valence electrons. The first kappa shape index (κ1) is 12.9. The summed E-state index contributed by atoms with van der Waals surface area (Å²) in [7, 11) is 1.64. The maximum Gasteiger partial charge on any atom is 0.276 e. The summed E-state index contributed by atoms with van der Waals surface area (Å²) in [5, 5.41) is 16.2. The second-order valence-electron chi connectivity index (χ2n) is 5.51. The minimum Gasteiger partial charge on any atom is -0.395 e. The zero-order valence-electron chi connectivity index (χ0n) is 11.0. The van der Waals surface area contributed by atoms with E-state index >= 15 is 0 Å². The average molecular weight is 252 g/mol.